The minimum Gasteiger partial charge on any atom is -0.486 e. The highest BCUT2D eigenvalue weighted by molar-refractivity contribution is 7.92. The van der Waals surface area contributed by atoms with Crippen molar-refractivity contribution in [3.8, 4) is 17.3 Å². The number of benzene rings is 1. The molecule has 3 heterocycles. The van der Waals surface area contributed by atoms with Gasteiger partial charge in [0.25, 0.3) is 10.0 Å². The van der Waals surface area contributed by atoms with Gasteiger partial charge in [-0.25, -0.2) is 18.4 Å². The highest BCUT2D eigenvalue weighted by Crippen LogP contribution is 2.32. The van der Waals surface area contributed by atoms with Gasteiger partial charge in [0, 0.05) is 18.5 Å². The molecule has 0 spiro atoms. The number of hydrogen-bond donors (Lipinski definition) is 1. The lowest BCUT2D eigenvalue weighted by Gasteiger charge is -2.19. The molecule has 2 aromatic heterocycles. The normalized spacial score (nSPS) is 13.4. The number of pyridine rings is 1. The van der Waals surface area contributed by atoms with E-state index in [0.29, 0.717) is 36.2 Å². The Balaban J connectivity index is 1.57. The van der Waals surface area contributed by atoms with Crippen LogP contribution in [0.5, 0.6) is 11.5 Å². The Labute approximate surface area is 150 Å². The first-order chi connectivity index (χ1) is 12.5. The Hall–Kier alpha value is -3.07. The van der Waals surface area contributed by atoms with E-state index >= 15 is 0 Å². The summed E-state index contributed by atoms with van der Waals surface area (Å²) < 4.78 is 40.4. The van der Waals surface area contributed by atoms with Gasteiger partial charge in [-0.1, -0.05) is 0 Å². The number of nitrogens with zero attached hydrogens (tertiary/aromatic N) is 3. The zero-order valence-corrected chi connectivity index (χ0v) is 14.7. The molecular formula is C17H16N4O4S. The van der Waals surface area contributed by atoms with E-state index in [9.17, 15) is 8.42 Å². The van der Waals surface area contributed by atoms with Gasteiger partial charge >= 0.3 is 0 Å². The van der Waals surface area contributed by atoms with Crippen LogP contribution in [0, 0.1) is 6.92 Å². The molecule has 1 N–H and O–H groups in total. The summed E-state index contributed by atoms with van der Waals surface area (Å²) in [6, 6.07) is 7.89. The number of imidazole rings is 1. The van der Waals surface area contributed by atoms with Crippen LogP contribution in [0.25, 0.3) is 5.82 Å². The van der Waals surface area contributed by atoms with Crippen LogP contribution in [0.15, 0.2) is 53.8 Å². The number of fused-ring (bicyclic) bond motifs is 1. The van der Waals surface area contributed by atoms with Gasteiger partial charge in [-0.05, 0) is 31.2 Å². The van der Waals surface area contributed by atoms with Crippen LogP contribution in [0.4, 0.5) is 5.69 Å². The van der Waals surface area contributed by atoms with E-state index in [4.69, 9.17) is 9.47 Å². The zero-order chi connectivity index (χ0) is 18.1. The van der Waals surface area contributed by atoms with Gasteiger partial charge in [0.15, 0.2) is 11.5 Å². The summed E-state index contributed by atoms with van der Waals surface area (Å²) in [6.07, 6.45) is 4.93. The molecule has 0 bridgehead atoms. The summed E-state index contributed by atoms with van der Waals surface area (Å²) in [5, 5.41) is 0. The predicted molar refractivity (Wildman–Crippen MR) is 94.3 cm³/mol. The first-order valence-electron chi connectivity index (χ1n) is 7.92. The minimum absolute atomic E-state index is 0.0938. The minimum atomic E-state index is -3.77. The van der Waals surface area contributed by atoms with Gasteiger partial charge in [0.2, 0.25) is 0 Å². The second kappa shape index (κ2) is 6.34. The van der Waals surface area contributed by atoms with E-state index in [0.717, 1.165) is 5.82 Å². The second-order valence-electron chi connectivity index (χ2n) is 5.66. The van der Waals surface area contributed by atoms with Crippen LogP contribution >= 0.6 is 0 Å². The number of nitrogens with one attached hydrogen (secondary N) is 1. The van der Waals surface area contributed by atoms with Gasteiger partial charge in [0.05, 0.1) is 16.8 Å². The molecule has 1 aliphatic heterocycles. The first kappa shape index (κ1) is 16.4. The predicted octanol–water partition coefficient (Wildman–Crippen LogP) is 2.15. The number of aryl methyl sites for hydroxylation is 1. The fourth-order valence-electron chi connectivity index (χ4n) is 2.61. The summed E-state index contributed by atoms with van der Waals surface area (Å²) >= 11 is 0. The molecule has 9 heteroatoms. The second-order valence-corrected chi connectivity index (χ2v) is 7.34. The maximum Gasteiger partial charge on any atom is 0.262 e. The van der Waals surface area contributed by atoms with Gasteiger partial charge in [-0.15, -0.1) is 0 Å². The van der Waals surface area contributed by atoms with Crippen molar-refractivity contribution in [2.75, 3.05) is 17.9 Å². The molecule has 0 unspecified atom stereocenters. The molecule has 1 aromatic carbocycles. The van der Waals surface area contributed by atoms with Crippen LogP contribution in [0.1, 0.15) is 5.82 Å². The summed E-state index contributed by atoms with van der Waals surface area (Å²) in [5.41, 5.74) is 0.362. The van der Waals surface area contributed by atoms with E-state index < -0.39 is 10.0 Å². The smallest absolute Gasteiger partial charge is 0.262 e. The average Bonchev–Trinajstić information content (AvgIpc) is 3.07. The van der Waals surface area contributed by atoms with Gasteiger partial charge in [-0.3, -0.25) is 9.29 Å². The van der Waals surface area contributed by atoms with Crippen molar-refractivity contribution in [2.45, 2.75) is 11.8 Å². The van der Waals surface area contributed by atoms with Crippen LogP contribution in [-0.2, 0) is 10.0 Å². The zero-order valence-electron chi connectivity index (χ0n) is 13.9. The molecule has 1 aliphatic rings. The SMILES string of the molecule is Cc1nccn1-c1ccc(NS(=O)(=O)c2ccc3c(c2)OCCO3)cn1. The lowest BCUT2D eigenvalue weighted by atomic mass is 10.3. The van der Waals surface area contributed by atoms with Crippen molar-refractivity contribution in [3.05, 3.63) is 54.7 Å². The van der Waals surface area contributed by atoms with E-state index in [-0.39, 0.29) is 4.90 Å². The number of sulfonamides is 1. The van der Waals surface area contributed by atoms with Crippen LogP contribution in [0.2, 0.25) is 0 Å². The number of rotatable bonds is 4. The van der Waals surface area contributed by atoms with Crippen molar-refractivity contribution >= 4 is 15.7 Å². The lowest BCUT2D eigenvalue weighted by Crippen LogP contribution is -2.17. The summed E-state index contributed by atoms with van der Waals surface area (Å²) in [6.45, 7) is 2.70. The van der Waals surface area contributed by atoms with Crippen molar-refractivity contribution < 1.29 is 17.9 Å². The third kappa shape index (κ3) is 3.08. The van der Waals surface area contributed by atoms with Crippen molar-refractivity contribution in [3.63, 3.8) is 0 Å². The molecule has 0 fully saturated rings. The van der Waals surface area contributed by atoms with E-state index in [2.05, 4.69) is 14.7 Å². The molecule has 8 nitrogen and oxygen atoms in total. The molecule has 0 atom stereocenters. The van der Waals surface area contributed by atoms with Crippen LogP contribution < -0.4 is 14.2 Å². The topological polar surface area (TPSA) is 95.3 Å². The third-order valence-corrected chi connectivity index (χ3v) is 5.28. The van der Waals surface area contributed by atoms with Crippen molar-refractivity contribution in [2.24, 2.45) is 0 Å². The van der Waals surface area contributed by atoms with Crippen LogP contribution in [-0.4, -0.2) is 36.2 Å². The highest BCUT2D eigenvalue weighted by atomic mass is 32.2. The van der Waals surface area contributed by atoms with Crippen molar-refractivity contribution in [1.82, 2.24) is 14.5 Å². The Bertz CT molecular complexity index is 1040. The fourth-order valence-corrected chi connectivity index (χ4v) is 3.67. The Morgan fingerprint density at radius 1 is 1.08 bits per heavy atom. The standard InChI is InChI=1S/C17H16N4O4S/c1-12-18-6-7-21(12)17-5-2-13(11-19-17)20-26(22,23)14-3-4-15-16(10-14)25-9-8-24-15/h2-7,10-11,20H,8-9H2,1H3. The van der Waals surface area contributed by atoms with Crippen molar-refractivity contribution in [1.29, 1.82) is 0 Å². The van der Waals surface area contributed by atoms with Gasteiger partial charge < -0.3 is 9.47 Å². The summed E-state index contributed by atoms with van der Waals surface area (Å²) in [5.74, 6) is 2.41. The highest BCUT2D eigenvalue weighted by Gasteiger charge is 2.19. The van der Waals surface area contributed by atoms with E-state index in [1.165, 1.54) is 18.3 Å². The quantitative estimate of drug-likeness (QED) is 0.754. The molecule has 134 valence electrons. The summed E-state index contributed by atoms with van der Waals surface area (Å²) in [4.78, 5) is 8.51. The van der Waals surface area contributed by atoms with E-state index in [1.807, 2.05) is 6.92 Å². The number of hydrogen-bond acceptors (Lipinski definition) is 6. The molecule has 26 heavy (non-hydrogen) atoms. The van der Waals surface area contributed by atoms with Gasteiger partial charge in [0.1, 0.15) is 24.9 Å². The van der Waals surface area contributed by atoms with Gasteiger partial charge in [-0.2, -0.15) is 0 Å². The maximum atomic E-state index is 12.6. The monoisotopic (exact) mass is 372 g/mol. The van der Waals surface area contributed by atoms with Crippen LogP contribution in [0.3, 0.4) is 0 Å². The number of anilines is 1. The summed E-state index contributed by atoms with van der Waals surface area (Å²) in [7, 11) is -3.77. The molecule has 0 aliphatic carbocycles. The largest absolute Gasteiger partial charge is 0.486 e. The Morgan fingerprint density at radius 2 is 1.88 bits per heavy atom. The molecule has 0 saturated heterocycles. The Morgan fingerprint density at radius 3 is 2.58 bits per heavy atom. The molecule has 0 saturated carbocycles. The molecule has 4 rings (SSSR count). The molecule has 0 amide bonds. The molecule has 3 aromatic rings. The van der Waals surface area contributed by atoms with E-state index in [1.54, 1.807) is 35.2 Å². The Kier molecular flexibility index (Phi) is 4.00. The maximum absolute atomic E-state index is 12.6. The lowest BCUT2D eigenvalue weighted by molar-refractivity contribution is 0.171. The third-order valence-electron chi connectivity index (χ3n) is 3.90. The fraction of sp³-hybridized carbons (Fsp3) is 0.176. The average molecular weight is 372 g/mol. The number of ether oxygens (including phenoxy) is 2. The molecule has 0 radical (unpaired) electrons. The number of aromatic nitrogens is 3. The molecular weight excluding hydrogens is 356 g/mol. The first-order valence-corrected chi connectivity index (χ1v) is 9.40.